The molecule has 0 atom stereocenters. The number of benzene rings is 2. The molecule has 0 radical (unpaired) electrons. The van der Waals surface area contributed by atoms with Crippen molar-refractivity contribution in [2.45, 2.75) is 18.7 Å². The molecule has 5 nitrogen and oxygen atoms in total. The van der Waals surface area contributed by atoms with Crippen molar-refractivity contribution in [3.05, 3.63) is 66.2 Å². The molecule has 0 saturated carbocycles. The van der Waals surface area contributed by atoms with Crippen LogP contribution >= 0.6 is 24.0 Å². The summed E-state index contributed by atoms with van der Waals surface area (Å²) < 4.78 is 4.84. The van der Waals surface area contributed by atoms with Crippen molar-refractivity contribution in [3.8, 4) is 0 Å². The number of anilines is 2. The molecular formula is C21H22N2O3S2. The third kappa shape index (κ3) is 7.54. The van der Waals surface area contributed by atoms with E-state index in [1.807, 2.05) is 36.4 Å². The first-order chi connectivity index (χ1) is 13.5. The van der Waals surface area contributed by atoms with E-state index in [1.54, 1.807) is 36.9 Å². The number of Topliss-reactive ketones (excluding diaryl/α,β-unsaturated/α-hetero) is 1. The maximum Gasteiger partial charge on any atom is 0.330 e. The van der Waals surface area contributed by atoms with Crippen molar-refractivity contribution >= 4 is 52.2 Å². The van der Waals surface area contributed by atoms with Crippen molar-refractivity contribution in [2.24, 2.45) is 0 Å². The fraction of sp³-hybridized carbons (Fsp3) is 0.190. The molecule has 2 aromatic carbocycles. The van der Waals surface area contributed by atoms with E-state index in [0.717, 1.165) is 16.3 Å². The van der Waals surface area contributed by atoms with Crippen LogP contribution in [0.25, 0.3) is 0 Å². The van der Waals surface area contributed by atoms with Crippen LogP contribution in [-0.4, -0.2) is 29.2 Å². The maximum atomic E-state index is 11.3. The Balaban J connectivity index is 1.86. The lowest BCUT2D eigenvalue weighted by Crippen LogP contribution is -2.19. The van der Waals surface area contributed by atoms with E-state index in [1.165, 1.54) is 13.0 Å². The topological polar surface area (TPSA) is 67.4 Å². The van der Waals surface area contributed by atoms with Gasteiger partial charge in [0.2, 0.25) is 0 Å². The number of hydrogen-bond donors (Lipinski definition) is 2. The molecule has 0 saturated heterocycles. The largest absolute Gasteiger partial charge is 0.463 e. The summed E-state index contributed by atoms with van der Waals surface area (Å²) in [6, 6.07) is 15.0. The summed E-state index contributed by atoms with van der Waals surface area (Å²) in [5.41, 5.74) is 2.32. The van der Waals surface area contributed by atoms with Gasteiger partial charge in [-0.25, -0.2) is 4.79 Å². The molecule has 28 heavy (non-hydrogen) atoms. The van der Waals surface area contributed by atoms with Gasteiger partial charge in [0.25, 0.3) is 0 Å². The minimum atomic E-state index is -0.328. The number of thioether (sulfide) groups is 1. The highest BCUT2D eigenvalue weighted by Crippen LogP contribution is 2.22. The molecule has 0 spiro atoms. The summed E-state index contributed by atoms with van der Waals surface area (Å²) in [6.07, 6.45) is 3.22. The number of carbonyl (C=O) groups is 2. The third-order valence-electron chi connectivity index (χ3n) is 3.53. The minimum Gasteiger partial charge on any atom is -0.463 e. The zero-order valence-corrected chi connectivity index (χ0v) is 17.4. The van der Waals surface area contributed by atoms with E-state index in [2.05, 4.69) is 10.6 Å². The van der Waals surface area contributed by atoms with Gasteiger partial charge in [-0.05, 0) is 68.5 Å². The number of carbonyl (C=O) groups excluding carboxylic acids is 2. The van der Waals surface area contributed by atoms with Gasteiger partial charge in [-0.3, -0.25) is 4.79 Å². The van der Waals surface area contributed by atoms with Crippen LogP contribution in [0.5, 0.6) is 0 Å². The maximum absolute atomic E-state index is 11.3. The Morgan fingerprint density at radius 3 is 2.50 bits per heavy atom. The summed E-state index contributed by atoms with van der Waals surface area (Å²) in [6.45, 7) is 3.69. The molecule has 0 aliphatic carbocycles. The first-order valence-electron chi connectivity index (χ1n) is 8.73. The fourth-order valence-electron chi connectivity index (χ4n) is 2.22. The van der Waals surface area contributed by atoms with Crippen LogP contribution in [-0.2, 0) is 9.53 Å². The molecule has 146 valence electrons. The Bertz CT molecular complexity index is 864. The fourth-order valence-corrected chi connectivity index (χ4v) is 3.23. The van der Waals surface area contributed by atoms with Crippen LogP contribution in [0, 0.1) is 0 Å². The van der Waals surface area contributed by atoms with Gasteiger partial charge in [0.1, 0.15) is 0 Å². The Hall–Kier alpha value is -2.64. The molecule has 0 aromatic heterocycles. The van der Waals surface area contributed by atoms with Gasteiger partial charge in [-0.1, -0.05) is 12.1 Å². The molecule has 0 bridgehead atoms. The van der Waals surface area contributed by atoms with E-state index in [9.17, 15) is 9.59 Å². The highest BCUT2D eigenvalue weighted by molar-refractivity contribution is 7.99. The van der Waals surface area contributed by atoms with Crippen LogP contribution in [0.2, 0.25) is 0 Å². The van der Waals surface area contributed by atoms with E-state index in [0.29, 0.717) is 23.0 Å². The molecule has 0 heterocycles. The van der Waals surface area contributed by atoms with Crippen molar-refractivity contribution in [3.63, 3.8) is 0 Å². The molecule has 2 N–H and O–H groups in total. The van der Waals surface area contributed by atoms with Gasteiger partial charge in [-0.2, -0.15) is 0 Å². The predicted molar refractivity (Wildman–Crippen MR) is 119 cm³/mol. The average Bonchev–Trinajstić information content (AvgIpc) is 2.66. The van der Waals surface area contributed by atoms with Crippen molar-refractivity contribution < 1.29 is 14.3 Å². The number of nitrogens with one attached hydrogen (secondary N) is 2. The summed E-state index contributed by atoms with van der Waals surface area (Å²) in [7, 11) is 0. The molecule has 0 unspecified atom stereocenters. The van der Waals surface area contributed by atoms with Gasteiger partial charge in [0, 0.05) is 33.7 Å². The number of esters is 1. The lowest BCUT2D eigenvalue weighted by molar-refractivity contribution is -0.137. The smallest absolute Gasteiger partial charge is 0.330 e. The monoisotopic (exact) mass is 414 g/mol. The van der Waals surface area contributed by atoms with E-state index in [-0.39, 0.29) is 11.8 Å². The second-order valence-electron chi connectivity index (χ2n) is 5.71. The van der Waals surface area contributed by atoms with E-state index in [4.69, 9.17) is 17.0 Å². The van der Waals surface area contributed by atoms with Crippen molar-refractivity contribution in [1.29, 1.82) is 0 Å². The second-order valence-corrected chi connectivity index (χ2v) is 7.21. The molecular weight excluding hydrogens is 392 g/mol. The molecule has 0 aliphatic rings. The molecule has 0 aliphatic heterocycles. The highest BCUT2D eigenvalue weighted by Gasteiger charge is 2.03. The van der Waals surface area contributed by atoms with Crippen LogP contribution in [0.4, 0.5) is 11.4 Å². The molecule has 0 fully saturated rings. The second kappa shape index (κ2) is 11.3. The molecule has 2 rings (SSSR count). The predicted octanol–water partition coefficient (Wildman–Crippen LogP) is 4.91. The van der Waals surface area contributed by atoms with Crippen LogP contribution in [0.15, 0.2) is 65.6 Å². The van der Waals surface area contributed by atoms with Crippen LogP contribution < -0.4 is 10.6 Å². The molecule has 2 aromatic rings. The summed E-state index contributed by atoms with van der Waals surface area (Å²) in [4.78, 5) is 23.6. The number of ether oxygens (including phenoxy) is 1. The summed E-state index contributed by atoms with van der Waals surface area (Å²) in [5, 5.41) is 6.69. The number of ketones is 1. The lowest BCUT2D eigenvalue weighted by atomic mass is 10.1. The summed E-state index contributed by atoms with van der Waals surface area (Å²) in [5.74, 6) is 0.359. The Morgan fingerprint density at radius 1 is 1.11 bits per heavy atom. The number of hydrogen-bond acceptors (Lipinski definition) is 5. The number of thiocarbonyl (C=S) groups is 1. The van der Waals surface area contributed by atoms with Gasteiger partial charge >= 0.3 is 5.97 Å². The average molecular weight is 415 g/mol. The van der Waals surface area contributed by atoms with E-state index >= 15 is 0 Å². The van der Waals surface area contributed by atoms with Gasteiger partial charge < -0.3 is 15.4 Å². The number of rotatable bonds is 8. The first kappa shape index (κ1) is 21.7. The van der Waals surface area contributed by atoms with E-state index < -0.39 is 0 Å². The molecule has 0 amide bonds. The highest BCUT2D eigenvalue weighted by atomic mass is 32.2. The van der Waals surface area contributed by atoms with Crippen LogP contribution in [0.1, 0.15) is 24.2 Å². The zero-order chi connectivity index (χ0) is 20.4. The Morgan fingerprint density at radius 2 is 1.82 bits per heavy atom. The minimum absolute atomic E-state index is 0.0265. The Kier molecular flexibility index (Phi) is 8.71. The van der Waals surface area contributed by atoms with Gasteiger partial charge in [-0.15, -0.1) is 11.8 Å². The normalized spacial score (nSPS) is 10.5. The van der Waals surface area contributed by atoms with Gasteiger partial charge in [0.05, 0.1) is 6.61 Å². The zero-order valence-electron chi connectivity index (χ0n) is 15.7. The third-order valence-corrected chi connectivity index (χ3v) is 4.68. The first-order valence-corrected chi connectivity index (χ1v) is 10.1. The van der Waals surface area contributed by atoms with Crippen LogP contribution in [0.3, 0.4) is 0 Å². The quantitative estimate of drug-likeness (QED) is 0.209. The molecule has 7 heteroatoms. The SMILES string of the molecule is CCOC(=O)/C=C/CSc1cccc(NC(=S)Nc2ccc(C(C)=O)cc2)c1. The van der Waals surface area contributed by atoms with Crippen molar-refractivity contribution in [1.82, 2.24) is 0 Å². The van der Waals surface area contributed by atoms with Gasteiger partial charge in [0.15, 0.2) is 10.9 Å². The summed E-state index contributed by atoms with van der Waals surface area (Å²) >= 11 is 6.95. The van der Waals surface area contributed by atoms with Crippen molar-refractivity contribution in [2.75, 3.05) is 23.0 Å². The Labute approximate surface area is 174 Å². The lowest BCUT2D eigenvalue weighted by Gasteiger charge is -2.11. The standard InChI is InChI=1S/C21H22N2O3S2/c1-3-26-20(25)8-5-13-28-19-7-4-6-18(14-19)23-21(27)22-17-11-9-16(10-12-17)15(2)24/h4-12,14H,3,13H2,1-2H3,(H2,22,23,27)/b8-5+.